The number of benzene rings is 1. The van der Waals surface area contributed by atoms with Gasteiger partial charge in [-0.25, -0.2) is 8.42 Å². The summed E-state index contributed by atoms with van der Waals surface area (Å²) in [7, 11) is -0.394. The van der Waals surface area contributed by atoms with E-state index in [1.54, 1.807) is 37.9 Å². The topological polar surface area (TPSA) is 115 Å². The normalized spacial score (nSPS) is 18.4. The smallest absolute Gasteiger partial charge is 0.231 e. The molecule has 1 amide bonds. The monoisotopic (exact) mass is 464 g/mol. The Balaban J connectivity index is 1.71. The predicted molar refractivity (Wildman–Crippen MR) is 119 cm³/mol. The van der Waals surface area contributed by atoms with E-state index in [1.165, 1.54) is 7.11 Å². The van der Waals surface area contributed by atoms with Gasteiger partial charge in [-0.3, -0.25) is 4.79 Å². The van der Waals surface area contributed by atoms with Crippen LogP contribution in [0.15, 0.2) is 21.4 Å². The lowest BCUT2D eigenvalue weighted by Crippen LogP contribution is -2.55. The van der Waals surface area contributed by atoms with Crippen molar-refractivity contribution in [2.75, 3.05) is 27.2 Å². The van der Waals surface area contributed by atoms with E-state index in [1.807, 2.05) is 0 Å². The molecule has 1 N–H and O–H groups in total. The quantitative estimate of drug-likeness (QED) is 0.662. The fraction of sp³-hybridized carbons (Fsp3) is 0.591. The van der Waals surface area contributed by atoms with Gasteiger partial charge < -0.3 is 19.4 Å². The molecule has 2 heterocycles. The van der Waals surface area contributed by atoms with E-state index in [2.05, 4.69) is 29.4 Å². The fourth-order valence-corrected chi connectivity index (χ4v) is 6.16. The minimum Gasteiger partial charge on any atom is -0.497 e. The highest BCUT2D eigenvalue weighted by atomic mass is 32.2. The number of carbonyl (C=O) groups is 1. The Morgan fingerprint density at radius 3 is 2.47 bits per heavy atom. The molecule has 1 aliphatic rings. The number of amides is 1. The zero-order chi connectivity index (χ0) is 23.7. The van der Waals surface area contributed by atoms with Crippen LogP contribution in [0.25, 0.3) is 0 Å². The number of methoxy groups -OCH3 is 1. The van der Waals surface area contributed by atoms with Crippen molar-refractivity contribution in [2.24, 2.45) is 5.41 Å². The van der Waals surface area contributed by atoms with Crippen molar-refractivity contribution in [1.29, 1.82) is 0 Å². The highest BCUT2D eigenvalue weighted by Gasteiger charge is 2.37. The summed E-state index contributed by atoms with van der Waals surface area (Å²) in [6.07, 6.45) is 0.799. The number of nitrogens with zero attached hydrogens (tertiary/aromatic N) is 3. The second-order valence-corrected chi connectivity index (χ2v) is 11.0. The Labute approximate surface area is 189 Å². The summed E-state index contributed by atoms with van der Waals surface area (Å²) in [5.41, 5.74) is 1.12. The average molecular weight is 465 g/mol. The van der Waals surface area contributed by atoms with Crippen molar-refractivity contribution in [3.63, 3.8) is 0 Å². The first-order valence-corrected chi connectivity index (χ1v) is 12.3. The Morgan fingerprint density at radius 2 is 1.88 bits per heavy atom. The first kappa shape index (κ1) is 24.2. The molecule has 0 spiro atoms. The minimum absolute atomic E-state index is 0.0349. The number of rotatable bonds is 7. The highest BCUT2D eigenvalue weighted by Crippen LogP contribution is 2.30. The largest absolute Gasteiger partial charge is 0.497 e. The van der Waals surface area contributed by atoms with Crippen molar-refractivity contribution in [3.8, 4) is 5.75 Å². The summed E-state index contributed by atoms with van der Waals surface area (Å²) in [5, 5.41) is 11.1. The van der Waals surface area contributed by atoms with Crippen LogP contribution in [0.4, 0.5) is 0 Å². The summed E-state index contributed by atoms with van der Waals surface area (Å²) in [5.74, 6) is 0.108. The molecule has 1 aromatic carbocycles. The highest BCUT2D eigenvalue weighted by molar-refractivity contribution is 7.90. The SMILES string of the molecule is COc1cc(C)c(S(=O)(=O)Cc2nnc(CC(=O)N(C)C3CCNCC3(C)C)o2)c(C)c1. The van der Waals surface area contributed by atoms with Gasteiger partial charge in [-0.1, -0.05) is 13.8 Å². The van der Waals surface area contributed by atoms with Crippen molar-refractivity contribution >= 4 is 15.7 Å². The lowest BCUT2D eigenvalue weighted by molar-refractivity contribution is -0.134. The average Bonchev–Trinajstić information content (AvgIpc) is 3.12. The molecule has 32 heavy (non-hydrogen) atoms. The number of hydrogen-bond acceptors (Lipinski definition) is 8. The van der Waals surface area contributed by atoms with Crippen molar-refractivity contribution in [3.05, 3.63) is 35.0 Å². The van der Waals surface area contributed by atoms with Gasteiger partial charge in [0.25, 0.3) is 0 Å². The van der Waals surface area contributed by atoms with Crippen LogP contribution in [-0.4, -0.2) is 62.7 Å². The van der Waals surface area contributed by atoms with Crippen LogP contribution in [0.5, 0.6) is 5.75 Å². The first-order chi connectivity index (χ1) is 14.9. The molecule has 9 nitrogen and oxygen atoms in total. The third-order valence-corrected chi connectivity index (χ3v) is 7.94. The number of sulfone groups is 1. The number of carbonyl (C=O) groups excluding carboxylic acids is 1. The molecule has 176 valence electrons. The molecule has 10 heteroatoms. The number of hydrogen-bond donors (Lipinski definition) is 1. The molecule has 1 aliphatic heterocycles. The molecule has 1 unspecified atom stereocenters. The summed E-state index contributed by atoms with van der Waals surface area (Å²) in [4.78, 5) is 14.8. The molecule has 0 radical (unpaired) electrons. The molecule has 1 saturated heterocycles. The lowest BCUT2D eigenvalue weighted by atomic mass is 9.79. The van der Waals surface area contributed by atoms with Gasteiger partial charge in [0.15, 0.2) is 9.84 Å². The van der Waals surface area contributed by atoms with Crippen LogP contribution in [0.3, 0.4) is 0 Å². The third kappa shape index (κ3) is 5.12. The van der Waals surface area contributed by atoms with Gasteiger partial charge in [0.05, 0.1) is 12.0 Å². The van der Waals surface area contributed by atoms with Gasteiger partial charge in [-0.2, -0.15) is 0 Å². The molecule has 0 aliphatic carbocycles. The van der Waals surface area contributed by atoms with E-state index < -0.39 is 15.6 Å². The van der Waals surface area contributed by atoms with Crippen LogP contribution >= 0.6 is 0 Å². The number of piperidine rings is 1. The van der Waals surface area contributed by atoms with E-state index in [4.69, 9.17) is 9.15 Å². The summed E-state index contributed by atoms with van der Waals surface area (Å²) < 4.78 is 36.8. The first-order valence-electron chi connectivity index (χ1n) is 10.6. The number of likely N-dealkylation sites (N-methyl/N-ethyl adjacent to an activating group) is 1. The Morgan fingerprint density at radius 1 is 1.25 bits per heavy atom. The van der Waals surface area contributed by atoms with Gasteiger partial charge in [-0.05, 0) is 55.5 Å². The molecule has 1 atom stereocenters. The Kier molecular flexibility index (Phi) is 6.94. The Bertz CT molecular complexity index is 1070. The van der Waals surface area contributed by atoms with Gasteiger partial charge in [0.2, 0.25) is 17.7 Å². The van der Waals surface area contributed by atoms with Crippen LogP contribution in [0, 0.1) is 19.3 Å². The number of aryl methyl sites for hydroxylation is 2. The van der Waals surface area contributed by atoms with E-state index in [0.29, 0.717) is 16.9 Å². The molecule has 1 aromatic heterocycles. The zero-order valence-corrected chi connectivity index (χ0v) is 20.4. The maximum Gasteiger partial charge on any atom is 0.231 e. The lowest BCUT2D eigenvalue weighted by Gasteiger charge is -2.44. The standard InChI is InChI=1S/C22H32N4O5S/c1-14-9-16(30-6)10-15(2)21(14)32(28,29)12-19-25-24-18(31-19)11-20(27)26(5)17-7-8-23-13-22(17,3)4/h9-10,17,23H,7-8,11-13H2,1-6H3. The molecule has 2 aromatic rings. The maximum atomic E-state index is 13.0. The third-order valence-electron chi connectivity index (χ3n) is 6.04. The van der Waals surface area contributed by atoms with Gasteiger partial charge in [0.1, 0.15) is 17.9 Å². The molecule has 0 bridgehead atoms. The summed E-state index contributed by atoms with van der Waals surface area (Å²) >= 11 is 0. The maximum absolute atomic E-state index is 13.0. The number of aromatic nitrogens is 2. The zero-order valence-electron chi connectivity index (χ0n) is 19.6. The molecule has 1 fully saturated rings. The van der Waals surface area contributed by atoms with Crippen LogP contribution in [0.2, 0.25) is 0 Å². The second-order valence-electron chi connectivity index (χ2n) is 9.09. The van der Waals surface area contributed by atoms with Crippen molar-refractivity contribution in [1.82, 2.24) is 20.4 Å². The van der Waals surface area contributed by atoms with Crippen molar-refractivity contribution in [2.45, 2.75) is 57.2 Å². The van der Waals surface area contributed by atoms with E-state index in [-0.39, 0.29) is 40.5 Å². The van der Waals surface area contributed by atoms with E-state index in [0.717, 1.165) is 19.5 Å². The summed E-state index contributed by atoms with van der Waals surface area (Å²) in [6.45, 7) is 9.40. The van der Waals surface area contributed by atoms with Crippen molar-refractivity contribution < 1.29 is 22.4 Å². The number of ether oxygens (including phenoxy) is 1. The Hall–Kier alpha value is -2.46. The number of nitrogens with one attached hydrogen (secondary N) is 1. The van der Waals surface area contributed by atoms with Crippen LogP contribution in [0.1, 0.15) is 43.2 Å². The molecular formula is C22H32N4O5S. The van der Waals surface area contributed by atoms with Gasteiger partial charge >= 0.3 is 0 Å². The van der Waals surface area contributed by atoms with Gasteiger partial charge in [0, 0.05) is 19.6 Å². The molecule has 3 rings (SSSR count). The van der Waals surface area contributed by atoms with E-state index >= 15 is 0 Å². The second kappa shape index (κ2) is 9.19. The molecular weight excluding hydrogens is 432 g/mol. The molecule has 0 saturated carbocycles. The summed E-state index contributed by atoms with van der Waals surface area (Å²) in [6, 6.07) is 3.45. The van der Waals surface area contributed by atoms with Crippen LogP contribution in [-0.2, 0) is 26.8 Å². The minimum atomic E-state index is -3.72. The van der Waals surface area contributed by atoms with E-state index in [9.17, 15) is 13.2 Å². The predicted octanol–water partition coefficient (Wildman–Crippen LogP) is 2.06. The fourth-order valence-electron chi connectivity index (χ4n) is 4.48. The van der Waals surface area contributed by atoms with Crippen LogP contribution < -0.4 is 10.1 Å². The van der Waals surface area contributed by atoms with Gasteiger partial charge in [-0.15, -0.1) is 10.2 Å².